The van der Waals surface area contributed by atoms with Gasteiger partial charge < -0.3 is 10.2 Å². The van der Waals surface area contributed by atoms with Crippen LogP contribution in [0.25, 0.3) is 10.9 Å². The molecule has 1 atom stereocenters. The number of carbonyl (C=O) groups is 1. The molecule has 1 fully saturated rings. The third-order valence-electron chi connectivity index (χ3n) is 4.50. The van der Waals surface area contributed by atoms with Crippen molar-refractivity contribution >= 4 is 34.4 Å². The van der Waals surface area contributed by atoms with Crippen LogP contribution in [0.2, 0.25) is 0 Å². The lowest BCUT2D eigenvalue weighted by Gasteiger charge is -2.32. The molecule has 26 heavy (non-hydrogen) atoms. The van der Waals surface area contributed by atoms with Crippen LogP contribution in [0, 0.1) is 0 Å². The van der Waals surface area contributed by atoms with Gasteiger partial charge in [0.05, 0.1) is 10.8 Å². The number of hydrogen-bond acceptors (Lipinski definition) is 5. The molecule has 1 aromatic heterocycles. The molecule has 1 amide bonds. The summed E-state index contributed by atoms with van der Waals surface area (Å²) in [5.74, 6) is 1.01. The number of para-hydroxylation sites is 1. The lowest BCUT2D eigenvalue weighted by molar-refractivity contribution is -0.133. The van der Waals surface area contributed by atoms with Crippen LogP contribution in [-0.4, -0.2) is 44.2 Å². The number of benzene rings is 1. The van der Waals surface area contributed by atoms with E-state index in [9.17, 15) is 4.79 Å². The number of amides is 1. The molecule has 1 N–H and O–H groups in total. The van der Waals surface area contributed by atoms with Gasteiger partial charge in [0.15, 0.2) is 5.16 Å². The van der Waals surface area contributed by atoms with Crippen LogP contribution in [0.15, 0.2) is 29.4 Å². The van der Waals surface area contributed by atoms with Gasteiger partial charge in [-0.05, 0) is 59.6 Å². The van der Waals surface area contributed by atoms with Gasteiger partial charge >= 0.3 is 0 Å². The number of nitrogens with one attached hydrogen (secondary N) is 1. The molecule has 1 saturated carbocycles. The fourth-order valence-corrected chi connectivity index (χ4v) is 4.00. The van der Waals surface area contributed by atoms with Crippen molar-refractivity contribution in [3.05, 3.63) is 24.3 Å². The highest BCUT2D eigenvalue weighted by Gasteiger charge is 2.27. The number of carbonyl (C=O) groups excluding carboxylic acids is 1. The summed E-state index contributed by atoms with van der Waals surface area (Å²) in [6, 6.07) is 8.90. The Hall–Kier alpha value is -1.82. The average Bonchev–Trinajstić information content (AvgIpc) is 3.38. The average molecular weight is 373 g/mol. The van der Waals surface area contributed by atoms with Crippen LogP contribution in [0.1, 0.15) is 47.5 Å². The standard InChI is InChI=1S/C20H28N4OS/c1-12(2)24(13(3)4)19(25)14(5)26-20-22-17-9-7-6-8-16(17)18(23-20)21-15-10-11-15/h6-9,12-15H,10-11H2,1-5H3,(H,21,22,23). The zero-order valence-corrected chi connectivity index (χ0v) is 17.0. The third-order valence-corrected chi connectivity index (χ3v) is 5.45. The molecule has 5 nitrogen and oxygen atoms in total. The van der Waals surface area contributed by atoms with E-state index in [1.54, 1.807) is 0 Å². The first-order valence-electron chi connectivity index (χ1n) is 9.39. The van der Waals surface area contributed by atoms with E-state index in [-0.39, 0.29) is 23.2 Å². The highest BCUT2D eigenvalue weighted by molar-refractivity contribution is 8.00. The summed E-state index contributed by atoms with van der Waals surface area (Å²) in [5, 5.41) is 4.96. The first kappa shape index (κ1) is 19.0. The maximum absolute atomic E-state index is 12.9. The highest BCUT2D eigenvalue weighted by atomic mass is 32.2. The maximum Gasteiger partial charge on any atom is 0.236 e. The molecule has 1 aromatic carbocycles. The van der Waals surface area contributed by atoms with E-state index in [1.165, 1.54) is 24.6 Å². The lowest BCUT2D eigenvalue weighted by atomic mass is 10.2. The van der Waals surface area contributed by atoms with E-state index in [4.69, 9.17) is 4.98 Å². The molecule has 1 heterocycles. The first-order valence-corrected chi connectivity index (χ1v) is 10.3. The topological polar surface area (TPSA) is 58.1 Å². The summed E-state index contributed by atoms with van der Waals surface area (Å²) in [6.07, 6.45) is 2.38. The van der Waals surface area contributed by atoms with Crippen LogP contribution >= 0.6 is 11.8 Å². The summed E-state index contributed by atoms with van der Waals surface area (Å²) < 4.78 is 0. The number of rotatable bonds is 7. The van der Waals surface area contributed by atoms with Gasteiger partial charge in [-0.2, -0.15) is 0 Å². The van der Waals surface area contributed by atoms with Gasteiger partial charge in [-0.15, -0.1) is 0 Å². The number of anilines is 1. The Bertz CT molecular complexity index is 780. The van der Waals surface area contributed by atoms with E-state index in [1.807, 2.05) is 36.1 Å². The molecule has 0 spiro atoms. The van der Waals surface area contributed by atoms with E-state index >= 15 is 0 Å². The van der Waals surface area contributed by atoms with E-state index in [2.05, 4.69) is 38.0 Å². The Balaban J connectivity index is 1.84. The number of nitrogens with zero attached hydrogens (tertiary/aromatic N) is 3. The molecule has 2 aromatic rings. The number of aromatic nitrogens is 2. The van der Waals surface area contributed by atoms with Crippen molar-refractivity contribution in [2.45, 2.75) is 76.0 Å². The third kappa shape index (κ3) is 4.29. The van der Waals surface area contributed by atoms with Gasteiger partial charge in [-0.1, -0.05) is 23.9 Å². The van der Waals surface area contributed by atoms with Gasteiger partial charge in [0, 0.05) is 23.5 Å². The van der Waals surface area contributed by atoms with Gasteiger partial charge in [-0.3, -0.25) is 4.79 Å². The summed E-state index contributed by atoms with van der Waals surface area (Å²) >= 11 is 1.44. The van der Waals surface area contributed by atoms with Crippen LogP contribution in [0.5, 0.6) is 0 Å². The quantitative estimate of drug-likeness (QED) is 0.579. The maximum atomic E-state index is 12.9. The minimum Gasteiger partial charge on any atom is -0.367 e. The molecule has 0 radical (unpaired) electrons. The minimum atomic E-state index is -0.227. The molecular formula is C20H28N4OS. The van der Waals surface area contributed by atoms with E-state index < -0.39 is 0 Å². The van der Waals surface area contributed by atoms with E-state index in [0.717, 1.165) is 16.7 Å². The highest BCUT2D eigenvalue weighted by Crippen LogP contribution is 2.31. The first-order chi connectivity index (χ1) is 12.4. The smallest absolute Gasteiger partial charge is 0.236 e. The summed E-state index contributed by atoms with van der Waals surface area (Å²) in [5.41, 5.74) is 0.914. The van der Waals surface area contributed by atoms with Crippen molar-refractivity contribution in [1.82, 2.24) is 14.9 Å². The molecule has 6 heteroatoms. The Morgan fingerprint density at radius 3 is 2.38 bits per heavy atom. The minimum absolute atomic E-state index is 0.133. The Morgan fingerprint density at radius 1 is 1.12 bits per heavy atom. The van der Waals surface area contributed by atoms with Crippen LogP contribution < -0.4 is 5.32 Å². The predicted molar refractivity (Wildman–Crippen MR) is 109 cm³/mol. The zero-order chi connectivity index (χ0) is 18.8. The second-order valence-electron chi connectivity index (χ2n) is 7.48. The summed E-state index contributed by atoms with van der Waals surface area (Å²) in [6.45, 7) is 10.2. The number of fused-ring (bicyclic) bond motifs is 1. The fourth-order valence-electron chi connectivity index (χ4n) is 3.16. The van der Waals surface area contributed by atoms with Crippen LogP contribution in [0.4, 0.5) is 5.82 Å². The normalized spacial score (nSPS) is 15.5. The second-order valence-corrected chi connectivity index (χ2v) is 8.79. The zero-order valence-electron chi connectivity index (χ0n) is 16.2. The summed E-state index contributed by atoms with van der Waals surface area (Å²) in [4.78, 5) is 24.2. The fraction of sp³-hybridized carbons (Fsp3) is 0.550. The van der Waals surface area contributed by atoms with Crippen molar-refractivity contribution in [1.29, 1.82) is 0 Å². The SMILES string of the molecule is CC(Sc1nc(NC2CC2)c2ccccc2n1)C(=O)N(C(C)C)C(C)C. The molecule has 3 rings (SSSR count). The second kappa shape index (κ2) is 7.82. The van der Waals surface area contributed by atoms with Crippen molar-refractivity contribution in [2.24, 2.45) is 0 Å². The van der Waals surface area contributed by atoms with Gasteiger partial charge in [0.1, 0.15) is 5.82 Å². The predicted octanol–water partition coefficient (Wildman–Crippen LogP) is 4.33. The molecule has 1 aliphatic rings. The molecule has 1 aliphatic carbocycles. The van der Waals surface area contributed by atoms with Gasteiger partial charge in [-0.25, -0.2) is 9.97 Å². The molecule has 140 valence electrons. The van der Waals surface area contributed by atoms with Crippen LogP contribution in [0.3, 0.4) is 0 Å². The monoisotopic (exact) mass is 372 g/mol. The number of hydrogen-bond donors (Lipinski definition) is 1. The molecule has 0 saturated heterocycles. The van der Waals surface area contributed by atoms with Crippen LogP contribution in [-0.2, 0) is 4.79 Å². The largest absolute Gasteiger partial charge is 0.367 e. The molecular weight excluding hydrogens is 344 g/mol. The molecule has 0 bridgehead atoms. The molecule has 0 aliphatic heterocycles. The van der Waals surface area contributed by atoms with Crippen molar-refractivity contribution in [3.8, 4) is 0 Å². The summed E-state index contributed by atoms with van der Waals surface area (Å²) in [7, 11) is 0. The van der Waals surface area contributed by atoms with Gasteiger partial charge in [0.25, 0.3) is 0 Å². The van der Waals surface area contributed by atoms with Gasteiger partial charge in [0.2, 0.25) is 5.91 Å². The number of thioether (sulfide) groups is 1. The van der Waals surface area contributed by atoms with Crippen molar-refractivity contribution in [3.63, 3.8) is 0 Å². The Labute approximate surface area is 160 Å². The van der Waals surface area contributed by atoms with E-state index in [0.29, 0.717) is 11.2 Å². The lowest BCUT2D eigenvalue weighted by Crippen LogP contribution is -2.45. The molecule has 1 unspecified atom stereocenters. The Morgan fingerprint density at radius 2 is 1.77 bits per heavy atom. The van der Waals surface area contributed by atoms with Crippen molar-refractivity contribution in [2.75, 3.05) is 5.32 Å². The Kier molecular flexibility index (Phi) is 5.70. The van der Waals surface area contributed by atoms with Crippen molar-refractivity contribution < 1.29 is 4.79 Å².